The number of hydrogen-bond acceptors (Lipinski definition) is 3. The van der Waals surface area contributed by atoms with Crippen molar-refractivity contribution in [3.8, 4) is 0 Å². The fourth-order valence-electron chi connectivity index (χ4n) is 3.98. The van der Waals surface area contributed by atoms with Gasteiger partial charge in [0, 0.05) is 13.1 Å². The zero-order valence-electron chi connectivity index (χ0n) is 15.0. The smallest absolute Gasteiger partial charge is 0.317 e. The molecule has 142 valence electrons. The predicted octanol–water partition coefficient (Wildman–Crippen LogP) is 3.82. The van der Waals surface area contributed by atoms with E-state index in [1.54, 1.807) is 0 Å². The summed E-state index contributed by atoms with van der Waals surface area (Å²) >= 11 is 0. The van der Waals surface area contributed by atoms with Crippen molar-refractivity contribution in [1.82, 2.24) is 9.80 Å². The number of hydrogen-bond donors (Lipinski definition) is 1. The molecule has 0 spiro atoms. The van der Waals surface area contributed by atoms with Gasteiger partial charge < -0.3 is 5.11 Å². The Morgan fingerprint density at radius 1 is 1.04 bits per heavy atom. The van der Waals surface area contributed by atoms with E-state index in [1.807, 2.05) is 36.4 Å². The SMILES string of the molecule is CN1CCN(CC(=O)O)C(C)(c2ccccc2)C1c1ccccc1.Cl.Cl. The average Bonchev–Trinajstić information content (AvgIpc) is 2.59. The highest BCUT2D eigenvalue weighted by atomic mass is 35.5. The lowest BCUT2D eigenvalue weighted by molar-refractivity contribution is -0.143. The number of carbonyl (C=O) groups is 1. The van der Waals surface area contributed by atoms with Gasteiger partial charge in [0.15, 0.2) is 0 Å². The van der Waals surface area contributed by atoms with Gasteiger partial charge in [-0.15, -0.1) is 24.8 Å². The van der Waals surface area contributed by atoms with Crippen LogP contribution in [0.2, 0.25) is 0 Å². The minimum atomic E-state index is -0.784. The summed E-state index contributed by atoms with van der Waals surface area (Å²) in [5.41, 5.74) is 1.95. The Kier molecular flexibility index (Phi) is 8.10. The number of nitrogens with zero attached hydrogens (tertiary/aromatic N) is 2. The Labute approximate surface area is 167 Å². The first-order valence-corrected chi connectivity index (χ1v) is 8.31. The Morgan fingerprint density at radius 3 is 2.12 bits per heavy atom. The van der Waals surface area contributed by atoms with Gasteiger partial charge in [0.25, 0.3) is 0 Å². The van der Waals surface area contributed by atoms with Crippen LogP contribution in [0.1, 0.15) is 24.1 Å². The van der Waals surface area contributed by atoms with Crippen molar-refractivity contribution in [3.63, 3.8) is 0 Å². The van der Waals surface area contributed by atoms with Crippen LogP contribution in [0.25, 0.3) is 0 Å². The quantitative estimate of drug-likeness (QED) is 0.852. The third-order valence-electron chi connectivity index (χ3n) is 5.15. The molecule has 0 bridgehead atoms. The van der Waals surface area contributed by atoms with Crippen LogP contribution in [0.15, 0.2) is 60.7 Å². The second-order valence-corrected chi connectivity index (χ2v) is 6.62. The number of rotatable bonds is 4. The lowest BCUT2D eigenvalue weighted by atomic mass is 9.77. The van der Waals surface area contributed by atoms with Gasteiger partial charge in [-0.25, -0.2) is 0 Å². The van der Waals surface area contributed by atoms with Gasteiger partial charge in [-0.2, -0.15) is 0 Å². The molecule has 26 heavy (non-hydrogen) atoms. The summed E-state index contributed by atoms with van der Waals surface area (Å²) in [7, 11) is 2.12. The van der Waals surface area contributed by atoms with Crippen LogP contribution < -0.4 is 0 Å². The first kappa shape index (κ1) is 22.5. The molecule has 0 saturated carbocycles. The minimum Gasteiger partial charge on any atom is -0.480 e. The standard InChI is InChI=1S/C20H24N2O2.2ClH/c1-20(17-11-7-4-8-12-17)19(16-9-5-3-6-10-16)21(2)13-14-22(20)15-18(23)24;;/h3-12,19H,13-15H2,1-2H3,(H,23,24);2*1H. The van der Waals surface area contributed by atoms with Gasteiger partial charge in [0.1, 0.15) is 0 Å². The molecule has 4 nitrogen and oxygen atoms in total. The molecule has 1 aliphatic heterocycles. The Balaban J connectivity index is 0.00000169. The molecule has 1 heterocycles. The molecule has 6 heteroatoms. The number of halogens is 2. The number of benzene rings is 2. The van der Waals surface area contributed by atoms with Crippen LogP contribution in [0.3, 0.4) is 0 Å². The van der Waals surface area contributed by atoms with Crippen molar-refractivity contribution in [1.29, 1.82) is 0 Å². The third kappa shape index (κ3) is 4.21. The van der Waals surface area contributed by atoms with Gasteiger partial charge in [-0.1, -0.05) is 60.7 Å². The maximum atomic E-state index is 11.5. The van der Waals surface area contributed by atoms with Gasteiger partial charge in [-0.05, 0) is 25.1 Å². The molecule has 0 radical (unpaired) electrons. The molecule has 1 aliphatic rings. The molecular formula is C20H26Cl2N2O2. The summed E-state index contributed by atoms with van der Waals surface area (Å²) in [5.74, 6) is -0.784. The molecule has 0 amide bonds. The molecule has 2 unspecified atom stereocenters. The molecule has 2 atom stereocenters. The summed E-state index contributed by atoms with van der Waals surface area (Å²) in [6.45, 7) is 3.79. The van der Waals surface area contributed by atoms with Crippen molar-refractivity contribution in [3.05, 3.63) is 71.8 Å². The molecule has 0 aliphatic carbocycles. The van der Waals surface area contributed by atoms with Crippen molar-refractivity contribution < 1.29 is 9.90 Å². The predicted molar refractivity (Wildman–Crippen MR) is 109 cm³/mol. The molecule has 1 fully saturated rings. The van der Waals surface area contributed by atoms with Gasteiger partial charge in [-0.3, -0.25) is 14.6 Å². The highest BCUT2D eigenvalue weighted by Crippen LogP contribution is 2.45. The third-order valence-corrected chi connectivity index (χ3v) is 5.15. The first-order valence-electron chi connectivity index (χ1n) is 8.31. The van der Waals surface area contributed by atoms with E-state index in [-0.39, 0.29) is 37.4 Å². The summed E-state index contributed by atoms with van der Waals surface area (Å²) in [6, 6.07) is 20.7. The van der Waals surface area contributed by atoms with E-state index in [2.05, 4.69) is 48.0 Å². The number of piperazine rings is 1. The zero-order chi connectivity index (χ0) is 17.2. The largest absolute Gasteiger partial charge is 0.480 e. The van der Waals surface area contributed by atoms with Crippen LogP contribution in [0.4, 0.5) is 0 Å². The number of carboxylic acid groups (broad SMARTS) is 1. The lowest BCUT2D eigenvalue weighted by Gasteiger charge is -2.54. The van der Waals surface area contributed by atoms with Gasteiger partial charge >= 0.3 is 5.97 Å². The number of aliphatic carboxylic acids is 1. The van der Waals surface area contributed by atoms with E-state index in [0.717, 1.165) is 18.7 Å². The van der Waals surface area contributed by atoms with E-state index in [9.17, 15) is 9.90 Å². The minimum absolute atomic E-state index is 0. The second-order valence-electron chi connectivity index (χ2n) is 6.62. The Morgan fingerprint density at radius 2 is 1.58 bits per heavy atom. The molecule has 1 saturated heterocycles. The summed E-state index contributed by atoms with van der Waals surface area (Å²) < 4.78 is 0. The van der Waals surface area contributed by atoms with Crippen LogP contribution in [0.5, 0.6) is 0 Å². The molecule has 0 aromatic heterocycles. The topological polar surface area (TPSA) is 43.8 Å². The summed E-state index contributed by atoms with van der Waals surface area (Å²) in [6.07, 6.45) is 0. The maximum absolute atomic E-state index is 11.5. The summed E-state index contributed by atoms with van der Waals surface area (Å²) in [5, 5.41) is 9.41. The van der Waals surface area contributed by atoms with E-state index in [0.29, 0.717) is 0 Å². The summed E-state index contributed by atoms with van der Waals surface area (Å²) in [4.78, 5) is 15.9. The van der Waals surface area contributed by atoms with Gasteiger partial charge in [0.05, 0.1) is 18.1 Å². The molecule has 3 rings (SSSR count). The second kappa shape index (κ2) is 9.38. The van der Waals surface area contributed by atoms with E-state index in [1.165, 1.54) is 5.56 Å². The zero-order valence-corrected chi connectivity index (χ0v) is 16.7. The van der Waals surface area contributed by atoms with E-state index >= 15 is 0 Å². The Hall–Kier alpha value is -1.59. The van der Waals surface area contributed by atoms with Crippen molar-refractivity contribution in [2.45, 2.75) is 18.5 Å². The molecule has 2 aromatic carbocycles. The highest BCUT2D eigenvalue weighted by molar-refractivity contribution is 5.85. The first-order chi connectivity index (χ1) is 11.5. The maximum Gasteiger partial charge on any atom is 0.317 e. The average molecular weight is 397 g/mol. The van der Waals surface area contributed by atoms with E-state index < -0.39 is 11.5 Å². The lowest BCUT2D eigenvalue weighted by Crippen LogP contribution is -2.60. The van der Waals surface area contributed by atoms with Crippen LogP contribution >= 0.6 is 24.8 Å². The highest BCUT2D eigenvalue weighted by Gasteiger charge is 2.47. The van der Waals surface area contributed by atoms with Crippen molar-refractivity contribution in [2.24, 2.45) is 0 Å². The molecule has 1 N–H and O–H groups in total. The fourth-order valence-corrected chi connectivity index (χ4v) is 3.98. The van der Waals surface area contributed by atoms with Gasteiger partial charge in [0.2, 0.25) is 0 Å². The fraction of sp³-hybridized carbons (Fsp3) is 0.350. The number of carboxylic acids is 1. The Bertz CT molecular complexity index is 699. The normalized spacial score (nSPS) is 23.5. The van der Waals surface area contributed by atoms with Crippen LogP contribution in [-0.2, 0) is 10.3 Å². The van der Waals surface area contributed by atoms with Crippen molar-refractivity contribution >= 4 is 30.8 Å². The van der Waals surface area contributed by atoms with E-state index in [4.69, 9.17) is 0 Å². The van der Waals surface area contributed by atoms with Crippen molar-refractivity contribution in [2.75, 3.05) is 26.7 Å². The number of likely N-dealkylation sites (N-methyl/N-ethyl adjacent to an activating group) is 1. The molecule has 2 aromatic rings. The van der Waals surface area contributed by atoms with Crippen LogP contribution in [-0.4, -0.2) is 47.6 Å². The monoisotopic (exact) mass is 396 g/mol. The molecular weight excluding hydrogens is 371 g/mol. The van der Waals surface area contributed by atoms with Crippen LogP contribution in [0, 0.1) is 0 Å².